The Morgan fingerprint density at radius 3 is 0.573 bits per heavy atom. The minimum atomic E-state index is 0.0240. The summed E-state index contributed by atoms with van der Waals surface area (Å²) in [7, 11) is 12.6. The average molecular weight is 1470 g/mol. The third kappa shape index (κ3) is 42.2. The molecule has 0 aromatic rings. The van der Waals surface area contributed by atoms with Gasteiger partial charge in [-0.1, -0.05) is 124 Å². The molecule has 0 aromatic heterocycles. The van der Waals surface area contributed by atoms with Crippen LogP contribution in [-0.4, -0.2) is 262 Å². The van der Waals surface area contributed by atoms with Crippen molar-refractivity contribution < 1.29 is 84.1 Å². The van der Waals surface area contributed by atoms with Crippen LogP contribution in [0.5, 0.6) is 0 Å². The number of quaternary nitrogens is 6. The lowest BCUT2D eigenvalue weighted by Gasteiger charge is -2.37. The molecule has 0 saturated heterocycles. The molecule has 0 N–H and O–H groups in total. The predicted molar refractivity (Wildman–Crippen MR) is 423 cm³/mol. The van der Waals surface area contributed by atoms with Crippen molar-refractivity contribution in [2.45, 2.75) is 282 Å². The molecule has 103 heavy (non-hydrogen) atoms. The fourth-order valence-electron chi connectivity index (χ4n) is 16.1. The molecule has 1 atom stereocenters. The molecule has 6 saturated carbocycles. The Balaban J connectivity index is 0.000000620. The van der Waals surface area contributed by atoms with Crippen LogP contribution in [0.2, 0.25) is 0 Å². The molecule has 0 spiro atoms. The monoisotopic (exact) mass is 1470 g/mol. The zero-order chi connectivity index (χ0) is 77.1. The fraction of sp³-hybridized carbons (Fsp3) is 0.929. The fourth-order valence-corrected chi connectivity index (χ4v) is 16.1. The van der Waals surface area contributed by atoms with Gasteiger partial charge in [0.05, 0.1) is 156 Å². The summed E-state index contributed by atoms with van der Waals surface area (Å²) in [5.41, 5.74) is 0. The van der Waals surface area contributed by atoms with E-state index in [1.54, 1.807) is 0 Å². The maximum atomic E-state index is 12.0. The largest absolute Gasteiger partial charge is 0.459 e. The van der Waals surface area contributed by atoms with Gasteiger partial charge in [0.1, 0.15) is 78.9 Å². The molecule has 0 bridgehead atoms. The standard InChI is InChI=1S/C17H34NO2.C16H32NO2.C15H30NO2.C14H28NO2.C12H24NO2.C11H22NO2/c1-4-7-13-18(6-3,12-5-2)14-15-20-17(19)16-10-8-9-11-16;1-4-11-17(6-3,12-5-2)13-14-19-16(18)15-9-7-8-10-15;1-4-16(5-2,6-3)12-13-18-15(17)14-10-8-7-9-11-14;1-4-15(5-2,6-3)11-12-17-14(16)13-9-7-8-10-13;1-13(2,3)9-10-15-12(14)11-7-5-4-6-8-11;1-12(2,3)8-9-14-11(13)10-6-4-5-7-10/h16H,4-15H2,1-3H3;15H,4-14H2,1-3H3;14H,4-13H2,1-3H3;13H,4-12H2,1-3H3;11H,4-10H2,1-3H3;10H,4-9H2,1-3H3/q6*+1. The second kappa shape index (κ2) is 55.9. The van der Waals surface area contributed by atoms with Crippen molar-refractivity contribution in [3.8, 4) is 0 Å². The van der Waals surface area contributed by atoms with Crippen molar-refractivity contribution in [1.29, 1.82) is 0 Å². The van der Waals surface area contributed by atoms with E-state index in [2.05, 4.69) is 125 Å². The van der Waals surface area contributed by atoms with Gasteiger partial charge in [-0.2, -0.15) is 0 Å². The molecule has 0 heterocycles. The molecule has 0 amide bonds. The second-order valence-corrected chi connectivity index (χ2v) is 33.7. The zero-order valence-corrected chi connectivity index (χ0v) is 70.9. The number of carbonyl (C=O) groups is 6. The van der Waals surface area contributed by atoms with E-state index in [1.807, 2.05) is 0 Å². The summed E-state index contributed by atoms with van der Waals surface area (Å²) in [6.45, 7) is 49.8. The van der Waals surface area contributed by atoms with Crippen molar-refractivity contribution in [3.05, 3.63) is 0 Å². The van der Waals surface area contributed by atoms with Crippen molar-refractivity contribution >= 4 is 35.8 Å². The Kier molecular flexibility index (Phi) is 53.0. The lowest BCUT2D eigenvalue weighted by Crippen LogP contribution is -2.51. The molecule has 0 radical (unpaired) electrons. The van der Waals surface area contributed by atoms with Crippen LogP contribution in [0.4, 0.5) is 0 Å². The molecule has 18 heteroatoms. The highest BCUT2D eigenvalue weighted by atomic mass is 16.6. The maximum absolute atomic E-state index is 12.0. The zero-order valence-electron chi connectivity index (χ0n) is 70.9. The SMILES string of the molecule is CCCC[N+](CC)(CCC)CCOC(=O)C1CCCC1.CCC[N+](CC)(CCC)CCOC(=O)C1CCCC1.CC[N+](CC)(CC)CCOC(=O)C1CCCC1.CC[N+](CC)(CC)CCOC(=O)C1CCCCC1.C[N+](C)(C)CCOC(=O)C1CCCC1.C[N+](C)(C)CCOC(=O)C1CCCCC1. The van der Waals surface area contributed by atoms with E-state index >= 15 is 0 Å². The minimum absolute atomic E-state index is 0.0240. The number of esters is 6. The van der Waals surface area contributed by atoms with Crippen molar-refractivity contribution in [2.75, 3.05) is 200 Å². The normalized spacial score (nSPS) is 18.0. The number of ether oxygens (including phenoxy) is 6. The summed E-state index contributed by atoms with van der Waals surface area (Å²) in [6, 6.07) is 0. The molecular weight excluding hydrogens is 1300 g/mol. The maximum Gasteiger partial charge on any atom is 0.309 e. The van der Waals surface area contributed by atoms with E-state index in [0.29, 0.717) is 39.6 Å². The van der Waals surface area contributed by atoms with Crippen LogP contribution < -0.4 is 0 Å². The summed E-state index contributed by atoms with van der Waals surface area (Å²) >= 11 is 0. The second-order valence-electron chi connectivity index (χ2n) is 33.7. The van der Waals surface area contributed by atoms with E-state index in [4.69, 9.17) is 28.4 Å². The third-order valence-corrected chi connectivity index (χ3v) is 24.3. The number of likely N-dealkylation sites (N-methyl/N-ethyl adjacent to an activating group) is 6. The summed E-state index contributed by atoms with van der Waals surface area (Å²) in [6.07, 6.45) is 35.4. The first-order valence-corrected chi connectivity index (χ1v) is 43.2. The van der Waals surface area contributed by atoms with E-state index in [0.717, 1.165) is 196 Å². The molecule has 0 aromatic carbocycles. The lowest BCUT2D eigenvalue weighted by molar-refractivity contribution is -0.927. The van der Waals surface area contributed by atoms with Crippen LogP contribution in [-0.2, 0) is 57.2 Å². The van der Waals surface area contributed by atoms with Gasteiger partial charge in [-0.05, 0) is 158 Å². The topological polar surface area (TPSA) is 158 Å². The first-order valence-electron chi connectivity index (χ1n) is 43.2. The lowest BCUT2D eigenvalue weighted by atomic mass is 9.89. The average Bonchev–Trinajstić information content (AvgIpc) is 1.17. The van der Waals surface area contributed by atoms with E-state index < -0.39 is 0 Å². The minimum Gasteiger partial charge on any atom is -0.459 e. The van der Waals surface area contributed by atoms with Crippen LogP contribution in [0, 0.1) is 35.5 Å². The van der Waals surface area contributed by atoms with Crippen molar-refractivity contribution in [2.24, 2.45) is 35.5 Å². The summed E-state index contributed by atoms with van der Waals surface area (Å²) in [5.74, 6) is 1.42. The summed E-state index contributed by atoms with van der Waals surface area (Å²) in [4.78, 5) is 70.7. The molecule has 6 rings (SSSR count). The van der Waals surface area contributed by atoms with E-state index in [9.17, 15) is 28.8 Å². The molecule has 6 aliphatic rings. The van der Waals surface area contributed by atoms with Gasteiger partial charge in [-0.3, -0.25) is 28.8 Å². The Bertz CT molecular complexity index is 2160. The molecule has 6 fully saturated rings. The Morgan fingerprint density at radius 1 is 0.223 bits per heavy atom. The Labute approximate surface area is 634 Å². The quantitative estimate of drug-likeness (QED) is 0.0325. The first kappa shape index (κ1) is 97.6. The molecule has 606 valence electrons. The van der Waals surface area contributed by atoms with Crippen LogP contribution >= 0.6 is 0 Å². The molecule has 1 unspecified atom stereocenters. The third-order valence-electron chi connectivity index (χ3n) is 24.3. The Hall–Kier alpha value is -3.42. The highest BCUT2D eigenvalue weighted by molar-refractivity contribution is 5.74. The van der Waals surface area contributed by atoms with Gasteiger partial charge in [0.15, 0.2) is 0 Å². The van der Waals surface area contributed by atoms with Crippen LogP contribution in [0.1, 0.15) is 282 Å². The highest BCUT2D eigenvalue weighted by Gasteiger charge is 2.32. The van der Waals surface area contributed by atoms with Gasteiger partial charge < -0.3 is 55.3 Å². The smallest absolute Gasteiger partial charge is 0.309 e. The molecule has 0 aliphatic heterocycles. The Morgan fingerprint density at radius 2 is 0.398 bits per heavy atom. The number of hydrogen-bond donors (Lipinski definition) is 0. The van der Waals surface area contributed by atoms with Gasteiger partial charge in [-0.25, -0.2) is 0 Å². The summed E-state index contributed by atoms with van der Waals surface area (Å²) < 4.78 is 38.6. The van der Waals surface area contributed by atoms with Gasteiger partial charge in [0, 0.05) is 0 Å². The van der Waals surface area contributed by atoms with Crippen molar-refractivity contribution in [1.82, 2.24) is 0 Å². The highest BCUT2D eigenvalue weighted by Crippen LogP contribution is 2.30. The predicted octanol–water partition coefficient (Wildman–Crippen LogP) is 16.0. The summed E-state index contributed by atoms with van der Waals surface area (Å²) in [5, 5.41) is 0. The molecule has 6 aliphatic carbocycles. The molecule has 18 nitrogen and oxygen atoms in total. The number of carbonyl (C=O) groups excluding carboxylic acids is 6. The number of hydrogen-bond acceptors (Lipinski definition) is 12. The van der Waals surface area contributed by atoms with Crippen molar-refractivity contribution in [3.63, 3.8) is 0 Å². The number of nitrogens with zero attached hydrogens (tertiary/aromatic N) is 6. The van der Waals surface area contributed by atoms with E-state index in [1.165, 1.54) is 148 Å². The number of rotatable bonds is 41. The van der Waals surface area contributed by atoms with Gasteiger partial charge in [-0.15, -0.1) is 0 Å². The van der Waals surface area contributed by atoms with Crippen LogP contribution in [0.15, 0.2) is 0 Å². The molecular formula is C85H170N6O12+6. The number of unbranched alkanes of at least 4 members (excludes halogenated alkanes) is 1. The van der Waals surface area contributed by atoms with Gasteiger partial charge >= 0.3 is 35.8 Å². The van der Waals surface area contributed by atoms with E-state index in [-0.39, 0.29) is 71.3 Å². The van der Waals surface area contributed by atoms with Gasteiger partial charge in [0.2, 0.25) is 0 Å². The van der Waals surface area contributed by atoms with Crippen LogP contribution in [0.3, 0.4) is 0 Å². The van der Waals surface area contributed by atoms with Gasteiger partial charge in [0.25, 0.3) is 0 Å². The first-order chi connectivity index (χ1) is 49.2. The van der Waals surface area contributed by atoms with Crippen LogP contribution in [0.25, 0.3) is 0 Å².